The molecule has 2 heterocycles. The van der Waals surface area contributed by atoms with Crippen molar-refractivity contribution in [2.24, 2.45) is 4.99 Å². The summed E-state index contributed by atoms with van der Waals surface area (Å²) < 4.78 is 10.8. The molecule has 0 saturated carbocycles. The van der Waals surface area contributed by atoms with Gasteiger partial charge in [0.2, 0.25) is 5.90 Å². The summed E-state index contributed by atoms with van der Waals surface area (Å²) in [4.78, 5) is 36.9. The van der Waals surface area contributed by atoms with E-state index in [4.69, 9.17) is 20.8 Å². The molecule has 1 aromatic heterocycles. The van der Waals surface area contributed by atoms with Gasteiger partial charge in [-0.05, 0) is 18.2 Å². The Morgan fingerprint density at radius 2 is 1.71 bits per heavy atom. The van der Waals surface area contributed by atoms with Gasteiger partial charge in [-0.1, -0.05) is 23.7 Å². The van der Waals surface area contributed by atoms with Crippen molar-refractivity contribution in [3.8, 4) is 11.3 Å². The summed E-state index contributed by atoms with van der Waals surface area (Å²) in [5, 5.41) is 21.8. The molecule has 0 spiro atoms. The zero-order valence-electron chi connectivity index (χ0n) is 15.4. The molecule has 0 radical (unpaired) electrons. The predicted octanol–water partition coefficient (Wildman–Crippen LogP) is 4.76. The first kappa shape index (κ1) is 20.0. The average molecular weight is 440 g/mol. The van der Waals surface area contributed by atoms with Gasteiger partial charge < -0.3 is 9.15 Å². The second-order valence-electron chi connectivity index (χ2n) is 6.27. The van der Waals surface area contributed by atoms with E-state index in [-0.39, 0.29) is 39.3 Å². The van der Waals surface area contributed by atoms with Crippen molar-refractivity contribution in [1.82, 2.24) is 0 Å². The largest absolute Gasteiger partial charge is 0.457 e. The van der Waals surface area contributed by atoms with Crippen molar-refractivity contribution in [2.45, 2.75) is 0 Å². The van der Waals surface area contributed by atoms with Gasteiger partial charge >= 0.3 is 5.97 Å². The number of cyclic esters (lactones) is 1. The molecular weight excluding hydrogens is 430 g/mol. The number of nitro groups is 2. The van der Waals surface area contributed by atoms with Gasteiger partial charge in [0.05, 0.1) is 20.4 Å². The van der Waals surface area contributed by atoms with Crippen LogP contribution in [0.25, 0.3) is 17.4 Å². The Bertz CT molecular complexity index is 1310. The Labute approximate surface area is 178 Å². The van der Waals surface area contributed by atoms with E-state index in [2.05, 4.69) is 4.99 Å². The molecule has 2 aromatic carbocycles. The number of furan rings is 1. The fourth-order valence-corrected chi connectivity index (χ4v) is 3.06. The first-order valence-corrected chi connectivity index (χ1v) is 9.01. The molecule has 0 atom stereocenters. The minimum Gasteiger partial charge on any atom is -0.457 e. The molecule has 1 aliphatic heterocycles. The summed E-state index contributed by atoms with van der Waals surface area (Å²) in [5.41, 5.74) is 0.362. The SMILES string of the molecule is O=C1OC(c2ccc([N+](=O)[O-])cc2Cl)=N/C1=C/c1ccc(-c2cccc([N+](=O)[O-])c2)o1. The van der Waals surface area contributed by atoms with Gasteiger partial charge in [-0.25, -0.2) is 9.79 Å². The third-order valence-corrected chi connectivity index (χ3v) is 4.57. The molecular formula is C20H10ClN3O7. The summed E-state index contributed by atoms with van der Waals surface area (Å²) in [5.74, 6) is -0.211. The highest BCUT2D eigenvalue weighted by Gasteiger charge is 2.27. The highest BCUT2D eigenvalue weighted by molar-refractivity contribution is 6.34. The molecule has 11 heteroatoms. The van der Waals surface area contributed by atoms with E-state index in [1.165, 1.54) is 36.4 Å². The minimum absolute atomic E-state index is 0.00737. The fourth-order valence-electron chi connectivity index (χ4n) is 2.81. The maximum Gasteiger partial charge on any atom is 0.363 e. The molecule has 0 unspecified atom stereocenters. The third-order valence-electron chi connectivity index (χ3n) is 4.26. The molecule has 0 aliphatic carbocycles. The highest BCUT2D eigenvalue weighted by Crippen LogP contribution is 2.29. The molecule has 154 valence electrons. The van der Waals surface area contributed by atoms with Crippen LogP contribution in [0.2, 0.25) is 5.02 Å². The van der Waals surface area contributed by atoms with Crippen molar-refractivity contribution >= 4 is 40.9 Å². The Hall–Kier alpha value is -4.31. The number of halogens is 1. The molecule has 0 amide bonds. The third kappa shape index (κ3) is 4.05. The normalized spacial score (nSPS) is 14.4. The molecule has 1 aliphatic rings. The van der Waals surface area contributed by atoms with E-state index >= 15 is 0 Å². The standard InChI is InChI=1S/C20H10ClN3O7/c21-16-9-13(24(28)29)4-6-15(16)19-22-17(20(25)31-19)10-14-5-7-18(30-14)11-2-1-3-12(8-11)23(26)27/h1-10H/b17-10+. The number of carbonyl (C=O) groups excluding carboxylic acids is 1. The number of hydrogen-bond donors (Lipinski definition) is 0. The van der Waals surface area contributed by atoms with Crippen LogP contribution in [0.15, 0.2) is 69.7 Å². The zero-order chi connectivity index (χ0) is 22.1. The van der Waals surface area contributed by atoms with Crippen LogP contribution < -0.4 is 0 Å². The van der Waals surface area contributed by atoms with E-state index in [1.54, 1.807) is 18.2 Å². The van der Waals surface area contributed by atoms with Crippen LogP contribution in [0.3, 0.4) is 0 Å². The molecule has 0 bridgehead atoms. The van der Waals surface area contributed by atoms with Crippen molar-refractivity contribution in [3.05, 3.63) is 96.9 Å². The Morgan fingerprint density at radius 3 is 2.42 bits per heavy atom. The van der Waals surface area contributed by atoms with Gasteiger partial charge in [0.15, 0.2) is 5.70 Å². The summed E-state index contributed by atoms with van der Waals surface area (Å²) in [6.45, 7) is 0. The Morgan fingerprint density at radius 1 is 0.968 bits per heavy atom. The van der Waals surface area contributed by atoms with Crippen LogP contribution in [0.1, 0.15) is 11.3 Å². The fraction of sp³-hybridized carbons (Fsp3) is 0. The van der Waals surface area contributed by atoms with E-state index in [9.17, 15) is 25.0 Å². The van der Waals surface area contributed by atoms with Crippen LogP contribution in [0, 0.1) is 20.2 Å². The number of benzene rings is 2. The second kappa shape index (κ2) is 7.84. The summed E-state index contributed by atoms with van der Waals surface area (Å²) in [7, 11) is 0. The number of carbonyl (C=O) groups is 1. The van der Waals surface area contributed by atoms with E-state index < -0.39 is 15.8 Å². The van der Waals surface area contributed by atoms with Crippen molar-refractivity contribution in [1.29, 1.82) is 0 Å². The summed E-state index contributed by atoms with van der Waals surface area (Å²) in [6, 6.07) is 12.8. The molecule has 4 rings (SSSR count). The van der Waals surface area contributed by atoms with E-state index in [0.29, 0.717) is 11.3 Å². The monoisotopic (exact) mass is 439 g/mol. The number of esters is 1. The maximum atomic E-state index is 12.2. The quantitative estimate of drug-likeness (QED) is 0.241. The molecule has 31 heavy (non-hydrogen) atoms. The van der Waals surface area contributed by atoms with Gasteiger partial charge in [-0.3, -0.25) is 20.2 Å². The molecule has 10 nitrogen and oxygen atoms in total. The van der Waals surface area contributed by atoms with Gasteiger partial charge in [-0.15, -0.1) is 0 Å². The first-order valence-electron chi connectivity index (χ1n) is 8.63. The Balaban J connectivity index is 1.62. The molecule has 0 N–H and O–H groups in total. The highest BCUT2D eigenvalue weighted by atomic mass is 35.5. The van der Waals surface area contributed by atoms with Gasteiger partial charge in [0.25, 0.3) is 11.4 Å². The maximum absolute atomic E-state index is 12.2. The minimum atomic E-state index is -0.752. The predicted molar refractivity (Wildman–Crippen MR) is 110 cm³/mol. The molecule has 0 fully saturated rings. The average Bonchev–Trinajstić information content (AvgIpc) is 3.35. The van der Waals surface area contributed by atoms with Gasteiger partial charge in [-0.2, -0.15) is 0 Å². The number of rotatable bonds is 5. The van der Waals surface area contributed by atoms with Crippen LogP contribution in [-0.2, 0) is 9.53 Å². The second-order valence-corrected chi connectivity index (χ2v) is 6.67. The zero-order valence-corrected chi connectivity index (χ0v) is 16.1. The number of ether oxygens (including phenoxy) is 1. The number of nitrogens with zero attached hydrogens (tertiary/aromatic N) is 3. The lowest BCUT2D eigenvalue weighted by Crippen LogP contribution is -2.06. The summed E-state index contributed by atoms with van der Waals surface area (Å²) >= 11 is 6.05. The number of hydrogen-bond acceptors (Lipinski definition) is 8. The van der Waals surface area contributed by atoms with Crippen LogP contribution in [0.4, 0.5) is 11.4 Å². The number of non-ortho nitro benzene ring substituents is 2. The van der Waals surface area contributed by atoms with Crippen LogP contribution >= 0.6 is 11.6 Å². The number of nitro benzene ring substituents is 2. The first-order chi connectivity index (χ1) is 14.8. The number of aliphatic imine (C=N–C) groups is 1. The van der Waals surface area contributed by atoms with Crippen LogP contribution in [0.5, 0.6) is 0 Å². The molecule has 3 aromatic rings. The van der Waals surface area contributed by atoms with Crippen molar-refractivity contribution in [2.75, 3.05) is 0 Å². The Kier molecular flexibility index (Phi) is 5.05. The van der Waals surface area contributed by atoms with E-state index in [1.807, 2.05) is 0 Å². The van der Waals surface area contributed by atoms with Crippen molar-refractivity contribution < 1.29 is 23.8 Å². The van der Waals surface area contributed by atoms with Gasteiger partial charge in [0.1, 0.15) is 11.5 Å². The lowest BCUT2D eigenvalue weighted by molar-refractivity contribution is -0.385. The summed E-state index contributed by atoms with van der Waals surface area (Å²) in [6.07, 6.45) is 1.34. The van der Waals surface area contributed by atoms with Crippen LogP contribution in [-0.4, -0.2) is 21.7 Å². The topological polar surface area (TPSA) is 138 Å². The van der Waals surface area contributed by atoms with Gasteiger partial charge in [0, 0.05) is 35.9 Å². The molecule has 0 saturated heterocycles. The van der Waals surface area contributed by atoms with Crippen molar-refractivity contribution in [3.63, 3.8) is 0 Å². The lowest BCUT2D eigenvalue weighted by Gasteiger charge is -2.02. The smallest absolute Gasteiger partial charge is 0.363 e. The lowest BCUT2D eigenvalue weighted by atomic mass is 10.1. The van der Waals surface area contributed by atoms with E-state index in [0.717, 1.165) is 6.07 Å².